The van der Waals surface area contributed by atoms with Crippen LogP contribution in [0.25, 0.3) is 0 Å². The standard InChI is InChI=1S/C13H17NO5/c1-4-18-12(15)8-19-10-6-5-9(2)11(7-10)14(3)13(16)17/h5-7H,4,8H2,1-3H3,(H,16,17). The number of nitrogens with zero attached hydrogens (tertiary/aromatic N) is 1. The molecule has 0 aliphatic heterocycles. The number of carbonyl (C=O) groups excluding carboxylic acids is 1. The third kappa shape index (κ3) is 4.17. The summed E-state index contributed by atoms with van der Waals surface area (Å²) >= 11 is 0. The Bertz CT molecular complexity index is 472. The topological polar surface area (TPSA) is 76.1 Å². The minimum absolute atomic E-state index is 0.201. The van der Waals surface area contributed by atoms with Crippen molar-refractivity contribution in [3.8, 4) is 5.75 Å². The first-order valence-corrected chi connectivity index (χ1v) is 5.81. The zero-order chi connectivity index (χ0) is 14.4. The van der Waals surface area contributed by atoms with E-state index in [1.807, 2.05) is 0 Å². The monoisotopic (exact) mass is 267 g/mol. The fraction of sp³-hybridized carbons (Fsp3) is 0.385. The van der Waals surface area contributed by atoms with Crippen LogP contribution in [0.15, 0.2) is 18.2 Å². The lowest BCUT2D eigenvalue weighted by Gasteiger charge is -2.17. The van der Waals surface area contributed by atoms with Crippen LogP contribution in [0, 0.1) is 6.92 Å². The van der Waals surface area contributed by atoms with Crippen molar-refractivity contribution in [1.29, 1.82) is 0 Å². The molecule has 0 radical (unpaired) electrons. The van der Waals surface area contributed by atoms with Gasteiger partial charge in [-0.2, -0.15) is 0 Å². The van der Waals surface area contributed by atoms with Crippen molar-refractivity contribution in [2.45, 2.75) is 13.8 Å². The van der Waals surface area contributed by atoms with E-state index in [9.17, 15) is 9.59 Å². The number of aryl methyl sites for hydroxylation is 1. The highest BCUT2D eigenvalue weighted by Crippen LogP contribution is 2.25. The van der Waals surface area contributed by atoms with E-state index in [0.717, 1.165) is 10.5 Å². The zero-order valence-corrected chi connectivity index (χ0v) is 11.2. The van der Waals surface area contributed by atoms with Crippen LogP contribution < -0.4 is 9.64 Å². The molecule has 6 nitrogen and oxygen atoms in total. The van der Waals surface area contributed by atoms with Crippen LogP contribution in [-0.2, 0) is 9.53 Å². The summed E-state index contributed by atoms with van der Waals surface area (Å²) < 4.78 is 9.99. The van der Waals surface area contributed by atoms with Crippen LogP contribution in [-0.4, -0.2) is 37.4 Å². The van der Waals surface area contributed by atoms with Gasteiger partial charge in [-0.3, -0.25) is 4.90 Å². The van der Waals surface area contributed by atoms with Gasteiger partial charge in [-0.25, -0.2) is 9.59 Å². The van der Waals surface area contributed by atoms with Gasteiger partial charge in [-0.05, 0) is 25.5 Å². The molecule has 0 aliphatic carbocycles. The van der Waals surface area contributed by atoms with Crippen molar-refractivity contribution in [2.24, 2.45) is 0 Å². The molecule has 1 amide bonds. The quantitative estimate of drug-likeness (QED) is 0.826. The highest BCUT2D eigenvalue weighted by molar-refractivity contribution is 5.86. The van der Waals surface area contributed by atoms with E-state index in [-0.39, 0.29) is 6.61 Å². The summed E-state index contributed by atoms with van der Waals surface area (Å²) in [6, 6.07) is 4.98. The molecule has 0 aromatic heterocycles. The van der Waals surface area contributed by atoms with Gasteiger partial charge in [0.2, 0.25) is 0 Å². The highest BCUT2D eigenvalue weighted by Gasteiger charge is 2.12. The lowest BCUT2D eigenvalue weighted by molar-refractivity contribution is -0.145. The smallest absolute Gasteiger partial charge is 0.411 e. The van der Waals surface area contributed by atoms with Gasteiger partial charge < -0.3 is 14.6 Å². The van der Waals surface area contributed by atoms with Gasteiger partial charge in [-0.15, -0.1) is 0 Å². The number of rotatable bonds is 5. The Labute approximate surface area is 111 Å². The molecule has 0 aliphatic rings. The summed E-state index contributed by atoms with van der Waals surface area (Å²) in [5.41, 5.74) is 1.31. The number of ether oxygens (including phenoxy) is 2. The Kier molecular flexibility index (Phi) is 5.17. The molecular weight excluding hydrogens is 250 g/mol. The molecule has 0 fully saturated rings. The lowest BCUT2D eigenvalue weighted by Crippen LogP contribution is -2.24. The number of carbonyl (C=O) groups is 2. The molecule has 1 aromatic carbocycles. The minimum atomic E-state index is -1.06. The Morgan fingerprint density at radius 2 is 2.05 bits per heavy atom. The molecule has 19 heavy (non-hydrogen) atoms. The number of anilines is 1. The van der Waals surface area contributed by atoms with Crippen molar-refractivity contribution < 1.29 is 24.2 Å². The number of hydrogen-bond acceptors (Lipinski definition) is 4. The van der Waals surface area contributed by atoms with E-state index >= 15 is 0 Å². The van der Waals surface area contributed by atoms with Crippen molar-refractivity contribution in [2.75, 3.05) is 25.2 Å². The molecule has 0 saturated heterocycles. The number of carboxylic acid groups (broad SMARTS) is 1. The third-order valence-electron chi connectivity index (χ3n) is 2.49. The first kappa shape index (κ1) is 14.8. The summed E-state index contributed by atoms with van der Waals surface area (Å²) in [4.78, 5) is 23.2. The van der Waals surface area contributed by atoms with Gasteiger partial charge in [0.25, 0.3) is 0 Å². The van der Waals surface area contributed by atoms with Crippen molar-refractivity contribution in [3.05, 3.63) is 23.8 Å². The highest BCUT2D eigenvalue weighted by atomic mass is 16.6. The first-order valence-electron chi connectivity index (χ1n) is 5.81. The second-order valence-electron chi connectivity index (χ2n) is 3.88. The molecule has 0 saturated carbocycles. The van der Waals surface area contributed by atoms with Gasteiger partial charge in [0.15, 0.2) is 6.61 Å². The van der Waals surface area contributed by atoms with E-state index in [1.165, 1.54) is 7.05 Å². The Hall–Kier alpha value is -2.24. The summed E-state index contributed by atoms with van der Waals surface area (Å²) in [6.07, 6.45) is -1.06. The molecule has 0 atom stereocenters. The predicted molar refractivity (Wildman–Crippen MR) is 69.7 cm³/mol. The Morgan fingerprint density at radius 3 is 2.63 bits per heavy atom. The van der Waals surface area contributed by atoms with E-state index in [0.29, 0.717) is 18.0 Å². The molecular formula is C13H17NO5. The van der Waals surface area contributed by atoms with Gasteiger partial charge >= 0.3 is 12.1 Å². The maximum Gasteiger partial charge on any atom is 0.411 e. The van der Waals surface area contributed by atoms with Gasteiger partial charge in [0, 0.05) is 13.1 Å². The van der Waals surface area contributed by atoms with Gasteiger partial charge in [-0.1, -0.05) is 6.07 Å². The first-order chi connectivity index (χ1) is 8.95. The third-order valence-corrected chi connectivity index (χ3v) is 2.49. The van der Waals surface area contributed by atoms with Crippen LogP contribution in [0.5, 0.6) is 5.75 Å². The number of hydrogen-bond donors (Lipinski definition) is 1. The molecule has 0 unspecified atom stereocenters. The van der Waals surface area contributed by atoms with Gasteiger partial charge in [0.05, 0.1) is 12.3 Å². The molecule has 0 bridgehead atoms. The normalized spacial score (nSPS) is 9.84. The fourth-order valence-electron chi connectivity index (χ4n) is 1.49. The van der Waals surface area contributed by atoms with Crippen LogP contribution in [0.4, 0.5) is 10.5 Å². The van der Waals surface area contributed by atoms with Crippen LogP contribution in [0.1, 0.15) is 12.5 Å². The molecule has 0 spiro atoms. The zero-order valence-electron chi connectivity index (χ0n) is 11.2. The van der Waals surface area contributed by atoms with Crippen LogP contribution in [0.3, 0.4) is 0 Å². The number of amides is 1. The van der Waals surface area contributed by atoms with Crippen molar-refractivity contribution >= 4 is 17.7 Å². The molecule has 6 heteroatoms. The summed E-state index contributed by atoms with van der Waals surface area (Å²) in [5.74, 6) is -0.0435. The SMILES string of the molecule is CCOC(=O)COc1ccc(C)c(N(C)C(=O)O)c1. The number of benzene rings is 1. The molecule has 104 valence electrons. The van der Waals surface area contributed by atoms with E-state index < -0.39 is 12.1 Å². The summed E-state index contributed by atoms with van der Waals surface area (Å²) in [5, 5.41) is 8.95. The summed E-state index contributed by atoms with van der Waals surface area (Å²) in [7, 11) is 1.44. The maximum atomic E-state index is 11.2. The van der Waals surface area contributed by atoms with Gasteiger partial charge in [0.1, 0.15) is 5.75 Å². The lowest BCUT2D eigenvalue weighted by atomic mass is 10.2. The maximum absolute atomic E-state index is 11.2. The van der Waals surface area contributed by atoms with E-state index in [1.54, 1.807) is 32.0 Å². The van der Waals surface area contributed by atoms with E-state index in [2.05, 4.69) is 0 Å². The van der Waals surface area contributed by atoms with E-state index in [4.69, 9.17) is 14.6 Å². The molecule has 1 N–H and O–H groups in total. The van der Waals surface area contributed by atoms with Crippen LogP contribution in [0.2, 0.25) is 0 Å². The minimum Gasteiger partial charge on any atom is -0.482 e. The average molecular weight is 267 g/mol. The largest absolute Gasteiger partial charge is 0.482 e. The predicted octanol–water partition coefficient (Wildman–Crippen LogP) is 2.05. The Balaban J connectivity index is 2.79. The molecule has 1 aromatic rings. The molecule has 0 heterocycles. The summed E-state index contributed by atoms with van der Waals surface area (Å²) in [6.45, 7) is 3.60. The van der Waals surface area contributed by atoms with Crippen molar-refractivity contribution in [1.82, 2.24) is 0 Å². The fourth-order valence-corrected chi connectivity index (χ4v) is 1.49. The Morgan fingerprint density at radius 1 is 1.37 bits per heavy atom. The second kappa shape index (κ2) is 6.63. The number of esters is 1. The average Bonchev–Trinajstić information content (AvgIpc) is 2.37. The van der Waals surface area contributed by atoms with Crippen LogP contribution >= 0.6 is 0 Å². The molecule has 1 rings (SSSR count). The second-order valence-corrected chi connectivity index (χ2v) is 3.88. The van der Waals surface area contributed by atoms with Crippen molar-refractivity contribution in [3.63, 3.8) is 0 Å².